The highest BCUT2D eigenvalue weighted by atomic mass is 32.3. The molecule has 7 heteroatoms. The van der Waals surface area contributed by atoms with Crippen molar-refractivity contribution in [3.05, 3.63) is 0 Å². The van der Waals surface area contributed by atoms with E-state index < -0.39 is 16.5 Å². The van der Waals surface area contributed by atoms with Crippen LogP contribution in [-0.4, -0.2) is 31.7 Å². The van der Waals surface area contributed by atoms with Gasteiger partial charge in [-0.1, -0.05) is 84.5 Å². The molecule has 0 aromatic carbocycles. The van der Waals surface area contributed by atoms with Crippen molar-refractivity contribution < 1.29 is 26.7 Å². The van der Waals surface area contributed by atoms with Crippen LogP contribution in [0.2, 0.25) is 0 Å². The molecule has 0 spiro atoms. The van der Waals surface area contributed by atoms with E-state index in [1.165, 1.54) is 25.7 Å². The molecule has 0 rings (SSSR count). The minimum Gasteiger partial charge on any atom is -0.466 e. The summed E-state index contributed by atoms with van der Waals surface area (Å²) in [6.45, 7) is 4.66. The first-order valence-electron chi connectivity index (χ1n) is 11.2. The van der Waals surface area contributed by atoms with Crippen molar-refractivity contribution in [2.24, 2.45) is 0 Å². The van der Waals surface area contributed by atoms with Crippen molar-refractivity contribution in [3.8, 4) is 0 Å². The van der Waals surface area contributed by atoms with Gasteiger partial charge in [-0.2, -0.15) is 8.42 Å². The lowest BCUT2D eigenvalue weighted by molar-refractivity contribution is -0.143. The first-order chi connectivity index (χ1) is 13.4. The second kappa shape index (κ2) is 18.4. The minimum atomic E-state index is -4.39. The molecule has 0 amide bonds. The molecular formula is C21H42O6S. The fraction of sp³-hybridized carbons (Fsp3) is 0.952. The van der Waals surface area contributed by atoms with Crippen LogP contribution in [0, 0.1) is 0 Å². The van der Waals surface area contributed by atoms with Gasteiger partial charge in [0, 0.05) is 6.42 Å². The maximum atomic E-state index is 11.4. The van der Waals surface area contributed by atoms with E-state index in [0.29, 0.717) is 25.9 Å². The number of rotatable bonds is 20. The lowest BCUT2D eigenvalue weighted by Gasteiger charge is -2.15. The van der Waals surface area contributed by atoms with Gasteiger partial charge in [0.25, 0.3) is 0 Å². The zero-order valence-electron chi connectivity index (χ0n) is 18.0. The van der Waals surface area contributed by atoms with E-state index in [2.05, 4.69) is 6.92 Å². The molecule has 0 fully saturated rings. The molecule has 0 saturated carbocycles. The Kier molecular flexibility index (Phi) is 17.9. The molecular weight excluding hydrogens is 380 g/mol. The third-order valence-electron chi connectivity index (χ3n) is 4.76. The normalized spacial score (nSPS) is 12.8. The zero-order valence-corrected chi connectivity index (χ0v) is 18.8. The van der Waals surface area contributed by atoms with Gasteiger partial charge in [0.15, 0.2) is 0 Å². The quantitative estimate of drug-likeness (QED) is 0.147. The average Bonchev–Trinajstić information content (AvgIpc) is 2.63. The predicted molar refractivity (Wildman–Crippen MR) is 113 cm³/mol. The van der Waals surface area contributed by atoms with Crippen molar-refractivity contribution in [1.82, 2.24) is 0 Å². The van der Waals surface area contributed by atoms with E-state index in [1.54, 1.807) is 0 Å². The molecule has 168 valence electrons. The Morgan fingerprint density at radius 1 is 0.786 bits per heavy atom. The van der Waals surface area contributed by atoms with Crippen LogP contribution in [0.4, 0.5) is 0 Å². The van der Waals surface area contributed by atoms with Gasteiger partial charge < -0.3 is 4.74 Å². The van der Waals surface area contributed by atoms with Gasteiger partial charge in [0.1, 0.15) is 0 Å². The van der Waals surface area contributed by atoms with Gasteiger partial charge >= 0.3 is 16.4 Å². The second-order valence-corrected chi connectivity index (χ2v) is 8.63. The Bertz CT molecular complexity index is 464. The van der Waals surface area contributed by atoms with Crippen molar-refractivity contribution in [2.45, 2.75) is 123 Å². The molecule has 0 aliphatic heterocycles. The van der Waals surface area contributed by atoms with Crippen LogP contribution in [0.15, 0.2) is 0 Å². The number of hydrogen-bond acceptors (Lipinski definition) is 5. The predicted octanol–water partition coefficient (Wildman–Crippen LogP) is 6.00. The number of hydrogen-bond donors (Lipinski definition) is 1. The Balaban J connectivity index is 3.79. The third kappa shape index (κ3) is 20.1. The highest BCUT2D eigenvalue weighted by Gasteiger charge is 2.16. The van der Waals surface area contributed by atoms with E-state index in [4.69, 9.17) is 13.5 Å². The van der Waals surface area contributed by atoms with Crippen molar-refractivity contribution >= 4 is 16.4 Å². The smallest absolute Gasteiger partial charge is 0.397 e. The van der Waals surface area contributed by atoms with E-state index in [-0.39, 0.29) is 5.97 Å². The van der Waals surface area contributed by atoms with Gasteiger partial charge in [-0.3, -0.25) is 9.35 Å². The first-order valence-corrected chi connectivity index (χ1v) is 12.6. The largest absolute Gasteiger partial charge is 0.466 e. The van der Waals surface area contributed by atoms with Gasteiger partial charge in [-0.05, 0) is 25.7 Å². The lowest BCUT2D eigenvalue weighted by Crippen LogP contribution is -2.18. The highest BCUT2D eigenvalue weighted by Crippen LogP contribution is 2.18. The van der Waals surface area contributed by atoms with Gasteiger partial charge in [-0.15, -0.1) is 0 Å². The number of carbonyl (C=O) groups is 1. The highest BCUT2D eigenvalue weighted by molar-refractivity contribution is 7.80. The van der Waals surface area contributed by atoms with Crippen LogP contribution in [-0.2, 0) is 24.1 Å². The topological polar surface area (TPSA) is 89.9 Å². The van der Waals surface area contributed by atoms with E-state index >= 15 is 0 Å². The summed E-state index contributed by atoms with van der Waals surface area (Å²) in [5.74, 6) is -0.109. The molecule has 0 bridgehead atoms. The SMILES string of the molecule is CCCCCCCCC(CCCCCCCCC(=O)OCCC)OS(=O)(=O)O. The molecule has 0 aromatic rings. The number of unbranched alkanes of at least 4 members (excludes halogenated alkanes) is 10. The summed E-state index contributed by atoms with van der Waals surface area (Å²) in [5, 5.41) is 0. The van der Waals surface area contributed by atoms with Gasteiger partial charge in [-0.25, -0.2) is 4.18 Å². The summed E-state index contributed by atoms with van der Waals surface area (Å²) in [6, 6.07) is 0. The number of carbonyl (C=O) groups excluding carboxylic acids is 1. The van der Waals surface area contributed by atoms with Crippen LogP contribution >= 0.6 is 0 Å². The molecule has 0 aliphatic carbocycles. The monoisotopic (exact) mass is 422 g/mol. The molecule has 0 radical (unpaired) electrons. The Hall–Kier alpha value is -0.660. The first kappa shape index (κ1) is 27.3. The molecule has 1 unspecified atom stereocenters. The number of ether oxygens (including phenoxy) is 1. The zero-order chi connectivity index (χ0) is 21.1. The maximum Gasteiger partial charge on any atom is 0.397 e. The second-order valence-electron chi connectivity index (χ2n) is 7.58. The van der Waals surface area contributed by atoms with Gasteiger partial charge in [0.05, 0.1) is 12.7 Å². The molecule has 0 aliphatic rings. The molecule has 6 nitrogen and oxygen atoms in total. The third-order valence-corrected chi connectivity index (χ3v) is 5.28. The number of esters is 1. The summed E-state index contributed by atoms with van der Waals surface area (Å²) in [7, 11) is -4.39. The van der Waals surface area contributed by atoms with E-state index in [0.717, 1.165) is 57.8 Å². The van der Waals surface area contributed by atoms with Crippen molar-refractivity contribution in [2.75, 3.05) is 6.61 Å². The minimum absolute atomic E-state index is 0.109. The standard InChI is InChI=1S/C21H42O6S/c1-3-5-6-7-10-13-16-20(27-28(23,24)25)17-14-11-8-9-12-15-18-21(22)26-19-4-2/h20H,3-19H2,1-2H3,(H,23,24,25). The summed E-state index contributed by atoms with van der Waals surface area (Å²) < 4.78 is 40.9. The lowest BCUT2D eigenvalue weighted by atomic mass is 10.0. The Morgan fingerprint density at radius 3 is 1.79 bits per heavy atom. The van der Waals surface area contributed by atoms with E-state index in [1.807, 2.05) is 6.92 Å². The molecule has 1 N–H and O–H groups in total. The molecule has 0 heterocycles. The molecule has 1 atom stereocenters. The molecule has 28 heavy (non-hydrogen) atoms. The van der Waals surface area contributed by atoms with Crippen molar-refractivity contribution in [1.29, 1.82) is 0 Å². The van der Waals surface area contributed by atoms with Gasteiger partial charge in [0.2, 0.25) is 0 Å². The summed E-state index contributed by atoms with van der Waals surface area (Å²) in [6.07, 6.45) is 14.9. The van der Waals surface area contributed by atoms with E-state index in [9.17, 15) is 13.2 Å². The summed E-state index contributed by atoms with van der Waals surface area (Å²) in [4.78, 5) is 11.4. The Labute approximate surface area is 172 Å². The fourth-order valence-corrected chi connectivity index (χ4v) is 3.74. The Morgan fingerprint density at radius 2 is 1.29 bits per heavy atom. The maximum absolute atomic E-state index is 11.4. The van der Waals surface area contributed by atoms with Crippen LogP contribution in [0.25, 0.3) is 0 Å². The summed E-state index contributed by atoms with van der Waals surface area (Å²) in [5.41, 5.74) is 0. The summed E-state index contributed by atoms with van der Waals surface area (Å²) >= 11 is 0. The van der Waals surface area contributed by atoms with Crippen LogP contribution < -0.4 is 0 Å². The molecule has 0 aromatic heterocycles. The average molecular weight is 423 g/mol. The van der Waals surface area contributed by atoms with Crippen LogP contribution in [0.1, 0.15) is 117 Å². The molecule has 0 saturated heterocycles. The van der Waals surface area contributed by atoms with Crippen LogP contribution in [0.5, 0.6) is 0 Å². The van der Waals surface area contributed by atoms with Crippen LogP contribution in [0.3, 0.4) is 0 Å². The fourth-order valence-electron chi connectivity index (χ4n) is 3.20. The van der Waals surface area contributed by atoms with Crippen molar-refractivity contribution in [3.63, 3.8) is 0 Å².